The largest absolute Gasteiger partial charge is 0.497 e. The molecule has 1 amide bonds. The number of nitrogens with two attached hydrogens (primary N) is 3. The van der Waals surface area contributed by atoms with Gasteiger partial charge in [0, 0.05) is 29.9 Å². The maximum Gasteiger partial charge on any atom is 0.237 e. The molecule has 1 aliphatic heterocycles. The lowest BCUT2D eigenvalue weighted by Gasteiger charge is -2.26. The molecule has 0 bridgehead atoms. The first-order valence-corrected chi connectivity index (χ1v) is 17.8. The minimum absolute atomic E-state index is 0.0305. The number of hydrogen-bond acceptors (Lipinski definition) is 8. The van der Waals surface area contributed by atoms with Crippen LogP contribution in [-0.4, -0.2) is 45.4 Å². The molecular formula is C40H54ClN7O4. The van der Waals surface area contributed by atoms with Gasteiger partial charge < -0.3 is 42.2 Å². The van der Waals surface area contributed by atoms with Gasteiger partial charge in [-0.2, -0.15) is 0 Å². The second-order valence-electron chi connectivity index (χ2n) is 11.5. The molecule has 11 nitrogen and oxygen atoms in total. The summed E-state index contributed by atoms with van der Waals surface area (Å²) in [5.41, 5.74) is 20.8. The van der Waals surface area contributed by atoms with E-state index < -0.39 is 5.91 Å². The Morgan fingerprint density at radius 2 is 1.69 bits per heavy atom. The lowest BCUT2D eigenvalue weighted by Crippen LogP contribution is -2.36. The molecule has 0 fully saturated rings. The number of rotatable bonds is 12. The highest BCUT2D eigenvalue weighted by Crippen LogP contribution is 2.42. The first kappa shape index (κ1) is 42.7. The number of aliphatic imine (C=N–C) groups is 1. The van der Waals surface area contributed by atoms with Crippen LogP contribution in [-0.2, 0) is 4.79 Å². The number of anilines is 3. The number of halogens is 1. The normalized spacial score (nSPS) is 12.8. The minimum Gasteiger partial charge on any atom is -0.497 e. The average Bonchev–Trinajstić information content (AvgIpc) is 3.51. The van der Waals surface area contributed by atoms with E-state index in [1.165, 1.54) is 0 Å². The van der Waals surface area contributed by atoms with E-state index in [9.17, 15) is 9.59 Å². The number of carbonyl (C=O) groups excluding carboxylic acids is 2. The van der Waals surface area contributed by atoms with Gasteiger partial charge in [0.05, 0.1) is 25.0 Å². The summed E-state index contributed by atoms with van der Waals surface area (Å²) in [6.07, 6.45) is 2.46. The van der Waals surface area contributed by atoms with Crippen molar-refractivity contribution in [1.82, 2.24) is 0 Å². The molecule has 52 heavy (non-hydrogen) atoms. The van der Waals surface area contributed by atoms with Gasteiger partial charge in [0.15, 0.2) is 5.96 Å². The number of amides is 1. The lowest BCUT2D eigenvalue weighted by atomic mass is 9.98. The van der Waals surface area contributed by atoms with Crippen molar-refractivity contribution in [2.45, 2.75) is 59.5 Å². The van der Waals surface area contributed by atoms with Crippen molar-refractivity contribution in [3.8, 4) is 17.2 Å². The van der Waals surface area contributed by atoms with E-state index in [1.54, 1.807) is 25.3 Å². The number of hydrogen-bond donors (Lipinski definition) is 5. The van der Waals surface area contributed by atoms with E-state index in [0.29, 0.717) is 28.0 Å². The highest BCUT2D eigenvalue weighted by atomic mass is 35.5. The van der Waals surface area contributed by atoms with E-state index in [2.05, 4.69) is 29.5 Å². The van der Waals surface area contributed by atoms with Crippen molar-refractivity contribution in [2.75, 3.05) is 42.8 Å². The highest BCUT2D eigenvalue weighted by Gasteiger charge is 2.31. The number of nitrogens with one attached hydrogen (secondary N) is 2. The molecular weight excluding hydrogens is 678 g/mol. The number of benzene rings is 4. The van der Waals surface area contributed by atoms with Gasteiger partial charge in [-0.3, -0.25) is 14.6 Å². The van der Waals surface area contributed by atoms with E-state index in [-0.39, 0.29) is 18.7 Å². The van der Waals surface area contributed by atoms with Crippen molar-refractivity contribution in [2.24, 2.45) is 22.2 Å². The topological polar surface area (TPSA) is 170 Å². The first-order valence-electron chi connectivity index (χ1n) is 17.4. The fraction of sp³-hybridized carbons (Fsp3) is 0.325. The number of ether oxygens (including phenoxy) is 2. The molecule has 4 aromatic rings. The fourth-order valence-electron chi connectivity index (χ4n) is 5.01. The smallest absolute Gasteiger partial charge is 0.237 e. The number of aldehydes is 1. The third-order valence-electron chi connectivity index (χ3n) is 7.78. The summed E-state index contributed by atoms with van der Waals surface area (Å²) in [5.74, 6) is 2.31. The quantitative estimate of drug-likeness (QED) is 0.0546. The van der Waals surface area contributed by atoms with Crippen molar-refractivity contribution in [1.29, 1.82) is 0 Å². The molecule has 5 rings (SSSR count). The maximum atomic E-state index is 11.8. The van der Waals surface area contributed by atoms with Crippen molar-refractivity contribution < 1.29 is 19.1 Å². The molecule has 0 spiro atoms. The maximum absolute atomic E-state index is 11.8. The summed E-state index contributed by atoms with van der Waals surface area (Å²) in [5, 5.41) is 7.05. The van der Waals surface area contributed by atoms with Gasteiger partial charge in [-0.1, -0.05) is 58.4 Å². The van der Waals surface area contributed by atoms with Crippen LogP contribution in [0, 0.1) is 0 Å². The molecule has 0 aliphatic carbocycles. The predicted octanol–water partition coefficient (Wildman–Crippen LogP) is 8.31. The van der Waals surface area contributed by atoms with Crippen LogP contribution in [0.1, 0.15) is 81.0 Å². The predicted molar refractivity (Wildman–Crippen MR) is 216 cm³/mol. The van der Waals surface area contributed by atoms with Crippen molar-refractivity contribution in [3.05, 3.63) is 107 Å². The summed E-state index contributed by atoms with van der Waals surface area (Å²) in [7, 11) is 3.55. The average molecular weight is 732 g/mol. The number of fused-ring (bicyclic) bond motifs is 1. The Balaban J connectivity index is 0.000000404. The van der Waals surface area contributed by atoms with Crippen LogP contribution >= 0.6 is 11.6 Å². The Morgan fingerprint density at radius 1 is 0.981 bits per heavy atom. The van der Waals surface area contributed by atoms with Gasteiger partial charge in [-0.05, 0) is 103 Å². The number of methoxy groups -OCH3 is 1. The molecule has 0 aromatic heterocycles. The van der Waals surface area contributed by atoms with Crippen molar-refractivity contribution in [3.63, 3.8) is 0 Å². The van der Waals surface area contributed by atoms with Crippen LogP contribution in [0.4, 0.5) is 17.1 Å². The zero-order valence-electron chi connectivity index (χ0n) is 31.3. The van der Waals surface area contributed by atoms with Crippen LogP contribution in [0.25, 0.3) is 0 Å². The molecule has 0 radical (unpaired) electrons. The second-order valence-corrected chi connectivity index (χ2v) is 12.0. The van der Waals surface area contributed by atoms with Gasteiger partial charge in [0.2, 0.25) is 5.91 Å². The summed E-state index contributed by atoms with van der Waals surface area (Å²) in [4.78, 5) is 28.6. The summed E-state index contributed by atoms with van der Waals surface area (Å²) in [6.45, 7) is 11.1. The molecule has 8 N–H and O–H groups in total. The molecule has 4 aromatic carbocycles. The molecule has 0 saturated carbocycles. The molecule has 2 unspecified atom stereocenters. The standard InChI is InChI=1S/C26H26ClN3O3.C8H11NO.C4H11N3.C2H6/c1-3-16(2)19-10-20(27)13-22(12-19)33-21-6-4-5-18(11-21)26-29-23-9-17(15-31)7-8-24(23)30(26)14-25(28)32;1-9-7-3-5-8(10-2)6-4-7;1-2-3-7-4(5)6;1-2/h4-13,15-16,26,29H,3,14H2,1-2H3,(H2,28,32);3-6,9H,1-2H3;2-3H2,1H3,(H4,5,6,7);1-2H3. The summed E-state index contributed by atoms with van der Waals surface area (Å²) >= 11 is 6.33. The first-order chi connectivity index (χ1) is 25.0. The number of guanidine groups is 1. The van der Waals surface area contributed by atoms with Gasteiger partial charge in [0.1, 0.15) is 29.7 Å². The summed E-state index contributed by atoms with van der Waals surface area (Å²) < 4.78 is 11.1. The van der Waals surface area contributed by atoms with E-state index in [4.69, 9.17) is 38.3 Å². The zero-order valence-corrected chi connectivity index (χ0v) is 32.0. The molecule has 2 atom stereocenters. The molecule has 1 aliphatic rings. The Labute approximate surface area is 313 Å². The van der Waals surface area contributed by atoms with E-state index >= 15 is 0 Å². The van der Waals surface area contributed by atoms with Gasteiger partial charge >= 0.3 is 0 Å². The summed E-state index contributed by atoms with van der Waals surface area (Å²) in [6, 6.07) is 26.5. The Bertz CT molecular complexity index is 1710. The Hall–Kier alpha value is -5.42. The highest BCUT2D eigenvalue weighted by molar-refractivity contribution is 6.30. The zero-order chi connectivity index (χ0) is 38.6. The number of carbonyl (C=O) groups is 2. The molecule has 1 heterocycles. The van der Waals surface area contributed by atoms with Crippen LogP contribution < -0.4 is 42.2 Å². The third-order valence-corrected chi connectivity index (χ3v) is 8.00. The molecule has 12 heteroatoms. The van der Waals surface area contributed by atoms with Crippen molar-refractivity contribution >= 4 is 46.8 Å². The minimum atomic E-state index is -0.446. The van der Waals surface area contributed by atoms with Crippen LogP contribution in [0.5, 0.6) is 17.2 Å². The Kier molecular flexibility index (Phi) is 18.4. The van der Waals surface area contributed by atoms with E-state index in [0.717, 1.165) is 59.6 Å². The molecule has 280 valence electrons. The monoisotopic (exact) mass is 731 g/mol. The SMILES string of the molecule is CC.CCC(C)c1cc(Cl)cc(Oc2cccc(C3Nc4cc(C=O)ccc4N3CC(N)=O)c2)c1.CCCN=C(N)N.CNc1ccc(OC)cc1. The van der Waals surface area contributed by atoms with E-state index in [1.807, 2.05) is 99.4 Å². The van der Waals surface area contributed by atoms with Gasteiger partial charge in [-0.15, -0.1) is 0 Å². The van der Waals surface area contributed by atoms with Crippen LogP contribution in [0.3, 0.4) is 0 Å². The number of primary amides is 1. The van der Waals surface area contributed by atoms with Crippen LogP contribution in [0.2, 0.25) is 5.02 Å². The van der Waals surface area contributed by atoms with Gasteiger partial charge in [0.25, 0.3) is 0 Å². The van der Waals surface area contributed by atoms with Crippen LogP contribution in [0.15, 0.2) is 89.9 Å². The second kappa shape index (κ2) is 22.4. The molecule has 0 saturated heterocycles. The fourth-order valence-corrected chi connectivity index (χ4v) is 5.24. The third kappa shape index (κ3) is 13.4. The Morgan fingerprint density at radius 3 is 2.25 bits per heavy atom. The lowest BCUT2D eigenvalue weighted by molar-refractivity contribution is -0.116. The van der Waals surface area contributed by atoms with Gasteiger partial charge in [-0.25, -0.2) is 0 Å². The number of nitrogens with zero attached hydrogens (tertiary/aromatic N) is 2.